The number of carboxylic acids is 1. The van der Waals surface area contributed by atoms with Crippen LogP contribution in [0.3, 0.4) is 0 Å². The maximum atomic E-state index is 12.9. The van der Waals surface area contributed by atoms with Gasteiger partial charge in [0.1, 0.15) is 11.4 Å². The van der Waals surface area contributed by atoms with Crippen LogP contribution in [-0.4, -0.2) is 36.1 Å². The number of rotatable bonds is 9. The molecule has 2 heterocycles. The molecule has 0 saturated heterocycles. The average molecular weight is 579 g/mol. The molecule has 0 atom stereocenters. The van der Waals surface area contributed by atoms with E-state index in [4.69, 9.17) is 9.84 Å². The summed E-state index contributed by atoms with van der Waals surface area (Å²) in [5.74, 6) is -0.857. The molecule has 0 aliphatic heterocycles. The smallest absolute Gasteiger partial charge is 0.354 e. The Morgan fingerprint density at radius 3 is 2.21 bits per heavy atom. The zero-order valence-electron chi connectivity index (χ0n) is 23.1. The SMILES string of the molecule is Cc1ccc(Cn2c(Nc3ccc(Oc4cccc(C(=O)Nc5ccc(C(=O)O)cc5)n4)cc3)nc(=O)n(C)c2=O)cc1. The molecule has 0 spiro atoms. The number of carbonyl (C=O) groups excluding carboxylic acids is 1. The lowest BCUT2D eigenvalue weighted by Gasteiger charge is -2.15. The quantitative estimate of drug-likeness (QED) is 0.233. The van der Waals surface area contributed by atoms with E-state index >= 15 is 0 Å². The Balaban J connectivity index is 1.29. The molecule has 5 aromatic rings. The molecule has 3 N–H and O–H groups in total. The van der Waals surface area contributed by atoms with Crippen LogP contribution in [0.5, 0.6) is 11.6 Å². The second-order valence-corrected chi connectivity index (χ2v) is 9.58. The summed E-state index contributed by atoms with van der Waals surface area (Å²) in [5, 5.41) is 14.7. The van der Waals surface area contributed by atoms with E-state index in [1.54, 1.807) is 36.4 Å². The first-order valence-corrected chi connectivity index (χ1v) is 13.1. The molecule has 216 valence electrons. The molecule has 0 fully saturated rings. The molecule has 12 heteroatoms. The van der Waals surface area contributed by atoms with Gasteiger partial charge in [-0.05, 0) is 67.1 Å². The van der Waals surface area contributed by atoms with Crippen LogP contribution >= 0.6 is 0 Å². The lowest BCUT2D eigenvalue weighted by atomic mass is 10.1. The minimum atomic E-state index is -1.06. The summed E-state index contributed by atoms with van der Waals surface area (Å²) in [5.41, 5.74) is 1.95. The number of benzene rings is 3. The summed E-state index contributed by atoms with van der Waals surface area (Å²) in [4.78, 5) is 57.2. The zero-order valence-corrected chi connectivity index (χ0v) is 23.1. The third-order valence-electron chi connectivity index (χ3n) is 6.40. The molecule has 0 bridgehead atoms. The number of amides is 1. The Kier molecular flexibility index (Phi) is 8.10. The number of aromatic nitrogens is 4. The fourth-order valence-electron chi connectivity index (χ4n) is 4.04. The largest absolute Gasteiger partial charge is 0.478 e. The number of hydrogen-bond acceptors (Lipinski definition) is 8. The molecule has 0 saturated carbocycles. The van der Waals surface area contributed by atoms with Crippen LogP contribution in [0.1, 0.15) is 32.0 Å². The maximum Gasteiger partial charge on any atom is 0.354 e. The molecule has 5 rings (SSSR count). The van der Waals surface area contributed by atoms with Crippen molar-refractivity contribution in [3.8, 4) is 11.6 Å². The Hall–Kier alpha value is -6.04. The Labute approximate surface area is 244 Å². The Bertz CT molecular complexity index is 1910. The number of pyridine rings is 1. The highest BCUT2D eigenvalue weighted by Crippen LogP contribution is 2.23. The van der Waals surface area contributed by atoms with Gasteiger partial charge in [0.15, 0.2) is 0 Å². The van der Waals surface area contributed by atoms with E-state index in [0.29, 0.717) is 17.1 Å². The van der Waals surface area contributed by atoms with Crippen LogP contribution in [0.15, 0.2) is 101 Å². The normalized spacial score (nSPS) is 10.7. The third-order valence-corrected chi connectivity index (χ3v) is 6.40. The number of nitrogens with zero attached hydrogens (tertiary/aromatic N) is 4. The summed E-state index contributed by atoms with van der Waals surface area (Å²) in [7, 11) is 1.38. The van der Waals surface area contributed by atoms with Crippen molar-refractivity contribution >= 4 is 29.2 Å². The van der Waals surface area contributed by atoms with Gasteiger partial charge in [0, 0.05) is 24.5 Å². The van der Waals surface area contributed by atoms with Crippen molar-refractivity contribution in [3.63, 3.8) is 0 Å². The van der Waals surface area contributed by atoms with Gasteiger partial charge in [-0.15, -0.1) is 0 Å². The number of hydrogen-bond donors (Lipinski definition) is 3. The van der Waals surface area contributed by atoms with Crippen LogP contribution in [0.2, 0.25) is 0 Å². The molecule has 12 nitrogen and oxygen atoms in total. The molecular formula is C31H26N6O6. The van der Waals surface area contributed by atoms with Crippen molar-refractivity contribution < 1.29 is 19.4 Å². The molecular weight excluding hydrogens is 552 g/mol. The van der Waals surface area contributed by atoms with Crippen molar-refractivity contribution in [1.29, 1.82) is 0 Å². The van der Waals surface area contributed by atoms with Crippen LogP contribution in [0, 0.1) is 6.92 Å². The number of nitrogens with one attached hydrogen (secondary N) is 2. The summed E-state index contributed by atoms with van der Waals surface area (Å²) in [6.07, 6.45) is 0. The molecule has 2 aromatic heterocycles. The summed E-state index contributed by atoms with van der Waals surface area (Å²) in [6.45, 7) is 2.19. The highest BCUT2D eigenvalue weighted by atomic mass is 16.5. The third kappa shape index (κ3) is 6.82. The Morgan fingerprint density at radius 2 is 1.53 bits per heavy atom. The van der Waals surface area contributed by atoms with Crippen molar-refractivity contribution in [2.45, 2.75) is 13.5 Å². The second kappa shape index (κ2) is 12.2. The lowest BCUT2D eigenvalue weighted by Crippen LogP contribution is -2.41. The molecule has 43 heavy (non-hydrogen) atoms. The fraction of sp³-hybridized carbons (Fsp3) is 0.0968. The number of carbonyl (C=O) groups is 2. The molecule has 0 aliphatic rings. The van der Waals surface area contributed by atoms with Gasteiger partial charge in [0.05, 0.1) is 12.1 Å². The molecule has 0 radical (unpaired) electrons. The van der Waals surface area contributed by atoms with Crippen LogP contribution in [0.25, 0.3) is 0 Å². The predicted molar refractivity (Wildman–Crippen MR) is 159 cm³/mol. The Morgan fingerprint density at radius 1 is 0.860 bits per heavy atom. The van der Waals surface area contributed by atoms with Gasteiger partial charge in [-0.1, -0.05) is 35.9 Å². The second-order valence-electron chi connectivity index (χ2n) is 9.58. The van der Waals surface area contributed by atoms with Gasteiger partial charge in [-0.3, -0.25) is 9.36 Å². The number of anilines is 3. The van der Waals surface area contributed by atoms with Crippen molar-refractivity contribution in [2.75, 3.05) is 10.6 Å². The highest BCUT2D eigenvalue weighted by molar-refractivity contribution is 6.03. The molecule has 0 unspecified atom stereocenters. The van der Waals surface area contributed by atoms with E-state index in [9.17, 15) is 19.2 Å². The number of ether oxygens (including phenoxy) is 1. The standard InChI is InChI=1S/C31H26N6O6/c1-19-6-8-20(9-7-19)18-37-29(35-30(41)36(2)31(37)42)33-23-14-16-24(17-15-23)43-26-5-3-4-25(34-26)27(38)32-22-12-10-21(11-13-22)28(39)40/h3-17H,18H2,1-2H3,(H,32,38)(H,39,40)(H,33,35,41). The van der Waals surface area contributed by atoms with Crippen LogP contribution in [0.4, 0.5) is 17.3 Å². The van der Waals surface area contributed by atoms with Gasteiger partial charge in [-0.2, -0.15) is 4.98 Å². The van der Waals surface area contributed by atoms with E-state index in [1.165, 1.54) is 41.9 Å². The highest BCUT2D eigenvalue weighted by Gasteiger charge is 2.13. The molecule has 1 amide bonds. The van der Waals surface area contributed by atoms with Crippen LogP contribution < -0.4 is 26.7 Å². The van der Waals surface area contributed by atoms with Crippen molar-refractivity contribution in [2.24, 2.45) is 7.05 Å². The first-order valence-electron chi connectivity index (χ1n) is 13.1. The van der Waals surface area contributed by atoms with E-state index in [-0.39, 0.29) is 29.6 Å². The number of aromatic carboxylic acids is 1. The topological polar surface area (TPSA) is 157 Å². The maximum absolute atomic E-state index is 12.9. The van der Waals surface area contributed by atoms with Crippen molar-refractivity contribution in [1.82, 2.24) is 19.1 Å². The van der Waals surface area contributed by atoms with E-state index < -0.39 is 23.3 Å². The van der Waals surface area contributed by atoms with E-state index in [0.717, 1.165) is 15.7 Å². The van der Waals surface area contributed by atoms with Crippen molar-refractivity contribution in [3.05, 3.63) is 134 Å². The minimum absolute atomic E-state index is 0.0975. The monoisotopic (exact) mass is 578 g/mol. The first-order chi connectivity index (χ1) is 20.7. The molecule has 3 aromatic carbocycles. The zero-order chi connectivity index (χ0) is 30.5. The predicted octanol–water partition coefficient (Wildman–Crippen LogP) is 4.18. The minimum Gasteiger partial charge on any atom is -0.478 e. The number of carboxylic acid groups (broad SMARTS) is 1. The average Bonchev–Trinajstić information content (AvgIpc) is 3.00. The lowest BCUT2D eigenvalue weighted by molar-refractivity contribution is 0.0696. The summed E-state index contributed by atoms with van der Waals surface area (Å²) in [6, 6.07) is 24.9. The van der Waals surface area contributed by atoms with E-state index in [1.807, 2.05) is 31.2 Å². The van der Waals surface area contributed by atoms with E-state index in [2.05, 4.69) is 20.6 Å². The first kappa shape index (κ1) is 28.5. The van der Waals surface area contributed by atoms with Gasteiger partial charge in [-0.25, -0.2) is 23.9 Å². The van der Waals surface area contributed by atoms with Crippen LogP contribution in [-0.2, 0) is 13.6 Å². The molecule has 0 aliphatic carbocycles. The number of aryl methyl sites for hydroxylation is 1. The van der Waals surface area contributed by atoms with Gasteiger partial charge >= 0.3 is 17.3 Å². The summed E-state index contributed by atoms with van der Waals surface area (Å²) < 4.78 is 8.16. The van der Waals surface area contributed by atoms with Gasteiger partial charge < -0.3 is 20.5 Å². The van der Waals surface area contributed by atoms with Gasteiger partial charge in [0.25, 0.3) is 5.91 Å². The summed E-state index contributed by atoms with van der Waals surface area (Å²) >= 11 is 0. The fourth-order valence-corrected chi connectivity index (χ4v) is 4.04. The van der Waals surface area contributed by atoms with Gasteiger partial charge in [0.2, 0.25) is 11.8 Å².